The summed E-state index contributed by atoms with van der Waals surface area (Å²) in [5.74, 6) is 0.438. The van der Waals surface area contributed by atoms with Crippen molar-refractivity contribution < 1.29 is 28.9 Å². The van der Waals surface area contributed by atoms with E-state index < -0.39 is 17.7 Å². The van der Waals surface area contributed by atoms with Crippen molar-refractivity contribution in [3.63, 3.8) is 0 Å². The number of benzene rings is 3. The van der Waals surface area contributed by atoms with Crippen molar-refractivity contribution in [2.24, 2.45) is 0 Å². The van der Waals surface area contributed by atoms with Gasteiger partial charge in [0.2, 0.25) is 5.13 Å². The molecule has 1 saturated heterocycles. The molecule has 49 heavy (non-hydrogen) atoms. The first-order valence-corrected chi connectivity index (χ1v) is 18.5. The highest BCUT2D eigenvalue weighted by molar-refractivity contribution is 8.00. The van der Waals surface area contributed by atoms with Crippen molar-refractivity contribution in [1.82, 2.24) is 10.2 Å². The summed E-state index contributed by atoms with van der Waals surface area (Å²) in [6, 6.07) is 19.4. The largest absolute Gasteiger partial charge is 0.507 e. The molecule has 1 aromatic heterocycles. The summed E-state index contributed by atoms with van der Waals surface area (Å²) in [5, 5.41) is 20.6. The Morgan fingerprint density at radius 1 is 0.878 bits per heavy atom. The van der Waals surface area contributed by atoms with Crippen LogP contribution in [0, 0.1) is 6.92 Å². The highest BCUT2D eigenvalue weighted by Gasteiger charge is 2.48. The van der Waals surface area contributed by atoms with E-state index in [2.05, 4.69) is 48.3 Å². The maximum atomic E-state index is 13.8. The molecule has 5 rings (SSSR count). The zero-order valence-corrected chi connectivity index (χ0v) is 30.1. The van der Waals surface area contributed by atoms with Gasteiger partial charge >= 0.3 is 5.91 Å². The summed E-state index contributed by atoms with van der Waals surface area (Å²) >= 11 is 2.73. The molecule has 1 fully saturated rings. The average molecular weight is 702 g/mol. The van der Waals surface area contributed by atoms with Gasteiger partial charge in [0.05, 0.1) is 31.9 Å². The standard InChI is InChI=1S/C38H43N3O6S2/c1-5-7-9-10-22-47-30-20-17-28(23-31(30)45-4)33-32(34(42)27-15-18-29(19-16-27)46-21-8-6-2)35(43)36(44)41(33)37-39-40-38(49-37)48-24-26-13-11-25(3)12-14-26/h11-20,23,33,42H,5-10,21-22,24H2,1-4H3/t33-/m1/s1. The first kappa shape index (κ1) is 35.9. The number of unbranched alkanes of at least 4 members (excludes halogenated alkanes) is 4. The first-order valence-electron chi connectivity index (χ1n) is 16.7. The number of hydrogen-bond donors (Lipinski definition) is 1. The number of nitrogens with zero attached hydrogens (tertiary/aromatic N) is 3. The number of rotatable bonds is 17. The number of aryl methyl sites for hydroxylation is 1. The Bertz CT molecular complexity index is 1750. The lowest BCUT2D eigenvalue weighted by Crippen LogP contribution is -2.29. The molecule has 11 heteroatoms. The summed E-state index contributed by atoms with van der Waals surface area (Å²) in [6.07, 6.45) is 6.21. The van der Waals surface area contributed by atoms with E-state index in [1.807, 2.05) is 6.92 Å². The van der Waals surface area contributed by atoms with E-state index in [0.29, 0.717) is 51.7 Å². The number of aromatic nitrogens is 2. The summed E-state index contributed by atoms with van der Waals surface area (Å²) < 4.78 is 18.2. The SMILES string of the molecule is CCCCCCOc1ccc([C@@H]2C(=C(O)c3ccc(OCCCC)cc3)C(=O)C(=O)N2c2nnc(SCc3ccc(C)cc3)s2)cc1OC. The van der Waals surface area contributed by atoms with Gasteiger partial charge in [0.15, 0.2) is 15.8 Å². The van der Waals surface area contributed by atoms with Crippen LogP contribution in [-0.4, -0.2) is 47.3 Å². The Hall–Kier alpha value is -4.35. The van der Waals surface area contributed by atoms with Gasteiger partial charge in [-0.05, 0) is 67.3 Å². The molecule has 258 valence electrons. The fourth-order valence-electron chi connectivity index (χ4n) is 5.42. The number of carbonyl (C=O) groups excluding carboxylic acids is 2. The molecule has 3 aromatic carbocycles. The molecule has 4 aromatic rings. The minimum Gasteiger partial charge on any atom is -0.507 e. The molecular formula is C38H43N3O6S2. The number of thioether (sulfide) groups is 1. The van der Waals surface area contributed by atoms with E-state index in [1.54, 1.807) is 49.6 Å². The van der Waals surface area contributed by atoms with E-state index in [-0.39, 0.29) is 16.5 Å². The highest BCUT2D eigenvalue weighted by Crippen LogP contribution is 2.45. The van der Waals surface area contributed by atoms with E-state index in [0.717, 1.165) is 44.1 Å². The Labute approximate surface area is 296 Å². The first-order chi connectivity index (χ1) is 23.8. The number of methoxy groups -OCH3 is 1. The monoisotopic (exact) mass is 701 g/mol. The normalized spacial score (nSPS) is 15.5. The number of aliphatic hydroxyl groups excluding tert-OH is 1. The van der Waals surface area contributed by atoms with Crippen LogP contribution in [-0.2, 0) is 15.3 Å². The molecule has 0 radical (unpaired) electrons. The van der Waals surface area contributed by atoms with Crippen molar-refractivity contribution in [3.8, 4) is 17.2 Å². The van der Waals surface area contributed by atoms with Crippen molar-refractivity contribution in [3.05, 3.63) is 94.6 Å². The van der Waals surface area contributed by atoms with Crippen LogP contribution in [0.15, 0.2) is 76.6 Å². The van der Waals surface area contributed by atoms with E-state index in [1.165, 1.54) is 33.6 Å². The molecule has 1 atom stereocenters. The average Bonchev–Trinajstić information content (AvgIpc) is 3.69. The predicted molar refractivity (Wildman–Crippen MR) is 195 cm³/mol. The number of ether oxygens (including phenoxy) is 3. The molecule has 1 aliphatic heterocycles. The molecule has 1 aliphatic rings. The van der Waals surface area contributed by atoms with Gasteiger partial charge in [-0.3, -0.25) is 14.5 Å². The lowest BCUT2D eigenvalue weighted by molar-refractivity contribution is -0.132. The summed E-state index contributed by atoms with van der Waals surface area (Å²) in [5.41, 5.74) is 3.20. The van der Waals surface area contributed by atoms with E-state index >= 15 is 0 Å². The number of anilines is 1. The fourth-order valence-corrected chi connectivity index (χ4v) is 7.24. The van der Waals surface area contributed by atoms with Gasteiger partial charge in [0.1, 0.15) is 11.5 Å². The summed E-state index contributed by atoms with van der Waals surface area (Å²) in [7, 11) is 1.55. The molecule has 1 N–H and O–H groups in total. The van der Waals surface area contributed by atoms with Crippen molar-refractivity contribution >= 4 is 45.7 Å². The van der Waals surface area contributed by atoms with Crippen LogP contribution >= 0.6 is 23.1 Å². The third kappa shape index (κ3) is 8.82. The van der Waals surface area contributed by atoms with Gasteiger partial charge in [-0.15, -0.1) is 10.2 Å². The van der Waals surface area contributed by atoms with Crippen LogP contribution in [0.4, 0.5) is 5.13 Å². The molecular weight excluding hydrogens is 659 g/mol. The van der Waals surface area contributed by atoms with Gasteiger partial charge in [-0.1, -0.05) is 98.5 Å². The number of hydrogen-bond acceptors (Lipinski definition) is 10. The quantitative estimate of drug-likeness (QED) is 0.0288. The van der Waals surface area contributed by atoms with Gasteiger partial charge in [0, 0.05) is 11.3 Å². The zero-order valence-electron chi connectivity index (χ0n) is 28.4. The third-order valence-corrected chi connectivity index (χ3v) is 10.3. The highest BCUT2D eigenvalue weighted by atomic mass is 32.2. The molecule has 0 aliphatic carbocycles. The number of aliphatic hydroxyl groups is 1. The van der Waals surface area contributed by atoms with Crippen molar-refractivity contribution in [2.75, 3.05) is 25.2 Å². The summed E-state index contributed by atoms with van der Waals surface area (Å²) in [4.78, 5) is 28.9. The number of ketones is 1. The molecule has 9 nitrogen and oxygen atoms in total. The molecule has 0 saturated carbocycles. The van der Waals surface area contributed by atoms with Crippen LogP contribution in [0.3, 0.4) is 0 Å². The molecule has 2 heterocycles. The topological polar surface area (TPSA) is 111 Å². The zero-order chi connectivity index (χ0) is 34.8. The van der Waals surface area contributed by atoms with Gasteiger partial charge in [0.25, 0.3) is 5.78 Å². The smallest absolute Gasteiger partial charge is 0.301 e. The number of carbonyl (C=O) groups is 2. The third-order valence-electron chi connectivity index (χ3n) is 8.18. The maximum Gasteiger partial charge on any atom is 0.301 e. The predicted octanol–water partition coefficient (Wildman–Crippen LogP) is 8.91. The second-order valence-electron chi connectivity index (χ2n) is 11.8. The van der Waals surface area contributed by atoms with E-state index in [9.17, 15) is 14.7 Å². The van der Waals surface area contributed by atoms with E-state index in [4.69, 9.17) is 14.2 Å². The number of amides is 1. The van der Waals surface area contributed by atoms with Crippen LogP contribution in [0.1, 0.15) is 80.7 Å². The second kappa shape index (κ2) is 17.3. The molecule has 0 unspecified atom stereocenters. The van der Waals surface area contributed by atoms with Crippen molar-refractivity contribution in [2.45, 2.75) is 75.4 Å². The molecule has 1 amide bonds. The maximum absolute atomic E-state index is 13.8. The van der Waals surface area contributed by atoms with Gasteiger partial charge in [-0.25, -0.2) is 0 Å². The van der Waals surface area contributed by atoms with Crippen LogP contribution in [0.2, 0.25) is 0 Å². The lowest BCUT2D eigenvalue weighted by Gasteiger charge is -2.23. The van der Waals surface area contributed by atoms with Crippen LogP contribution in [0.25, 0.3) is 5.76 Å². The Balaban J connectivity index is 1.49. The Kier molecular flexibility index (Phi) is 12.7. The lowest BCUT2D eigenvalue weighted by atomic mass is 9.95. The van der Waals surface area contributed by atoms with Gasteiger partial charge < -0.3 is 19.3 Å². The Morgan fingerprint density at radius 3 is 2.33 bits per heavy atom. The van der Waals surface area contributed by atoms with Gasteiger partial charge in [-0.2, -0.15) is 0 Å². The van der Waals surface area contributed by atoms with Crippen LogP contribution < -0.4 is 19.1 Å². The minimum atomic E-state index is -0.990. The minimum absolute atomic E-state index is 0.0519. The summed E-state index contributed by atoms with van der Waals surface area (Å²) in [6.45, 7) is 7.42. The van der Waals surface area contributed by atoms with Crippen LogP contribution in [0.5, 0.6) is 17.2 Å². The number of Topliss-reactive ketones (excluding diaryl/α,β-unsaturated/α-hetero) is 1. The molecule has 0 spiro atoms. The van der Waals surface area contributed by atoms with Crippen molar-refractivity contribution in [1.29, 1.82) is 0 Å². The fraction of sp³-hybridized carbons (Fsp3) is 0.368. The second-order valence-corrected chi connectivity index (χ2v) is 14.0. The Morgan fingerprint density at radius 2 is 1.61 bits per heavy atom. The molecule has 0 bridgehead atoms.